The fraction of sp³-hybridized carbons (Fsp3) is 0.571. The summed E-state index contributed by atoms with van der Waals surface area (Å²) in [5.41, 5.74) is 6.44. The molecule has 1 rings (SSSR count). The summed E-state index contributed by atoms with van der Waals surface area (Å²) in [4.78, 5) is 10.5. The van der Waals surface area contributed by atoms with Crippen LogP contribution in [0.1, 0.15) is 19.8 Å². The maximum Gasteiger partial charge on any atom is 0.333 e. The summed E-state index contributed by atoms with van der Waals surface area (Å²) in [6.07, 6.45) is 1.62. The van der Waals surface area contributed by atoms with Crippen LogP contribution >= 0.6 is 0 Å². The largest absolute Gasteiger partial charge is 0.478 e. The molecule has 3 heteroatoms. The summed E-state index contributed by atoms with van der Waals surface area (Å²) in [5.74, 6) is -0.722. The molecular weight excluding hydrogens is 130 g/mol. The third-order valence-electron chi connectivity index (χ3n) is 1.92. The first-order valence-electron chi connectivity index (χ1n) is 3.34. The highest BCUT2D eigenvalue weighted by Crippen LogP contribution is 2.28. The van der Waals surface area contributed by atoms with Crippen molar-refractivity contribution >= 4 is 5.97 Å². The van der Waals surface area contributed by atoms with Crippen LogP contribution in [0.25, 0.3) is 0 Å². The first-order chi connectivity index (χ1) is 4.63. The summed E-state index contributed by atoms with van der Waals surface area (Å²) in [5, 5.41) is 8.62. The Morgan fingerprint density at radius 2 is 2.40 bits per heavy atom. The average molecular weight is 141 g/mol. The molecule has 10 heavy (non-hydrogen) atoms. The Hall–Kier alpha value is -0.990. The van der Waals surface area contributed by atoms with Crippen molar-refractivity contribution < 1.29 is 9.90 Å². The van der Waals surface area contributed by atoms with Crippen molar-refractivity contribution in [1.29, 1.82) is 0 Å². The lowest BCUT2D eigenvalue weighted by atomic mass is 10.0. The van der Waals surface area contributed by atoms with Gasteiger partial charge in [-0.2, -0.15) is 0 Å². The second kappa shape index (κ2) is 2.33. The molecule has 56 valence electrons. The highest BCUT2D eigenvalue weighted by Gasteiger charge is 2.24. The number of hydrogen-bond acceptors (Lipinski definition) is 2. The van der Waals surface area contributed by atoms with E-state index < -0.39 is 5.97 Å². The Labute approximate surface area is 59.5 Å². The van der Waals surface area contributed by atoms with Crippen LogP contribution in [0.15, 0.2) is 11.3 Å². The SMILES string of the molecule is C[C@H]1CCC(N)=C1C(=O)O. The minimum absolute atomic E-state index is 0.137. The number of nitrogens with two attached hydrogens (primary N) is 1. The van der Waals surface area contributed by atoms with Gasteiger partial charge in [0.1, 0.15) is 0 Å². The molecule has 0 saturated heterocycles. The lowest BCUT2D eigenvalue weighted by Crippen LogP contribution is -2.09. The lowest BCUT2D eigenvalue weighted by molar-refractivity contribution is -0.133. The van der Waals surface area contributed by atoms with Gasteiger partial charge in [-0.3, -0.25) is 0 Å². The predicted octanol–water partition coefficient (Wildman–Crippen LogP) is 0.714. The molecule has 0 heterocycles. The molecule has 0 aliphatic heterocycles. The van der Waals surface area contributed by atoms with E-state index in [1.165, 1.54) is 0 Å². The van der Waals surface area contributed by atoms with Crippen LogP contribution in [-0.4, -0.2) is 11.1 Å². The van der Waals surface area contributed by atoms with Crippen LogP contribution in [0, 0.1) is 5.92 Å². The molecule has 0 aromatic carbocycles. The molecule has 1 atom stereocenters. The Morgan fingerprint density at radius 3 is 2.60 bits per heavy atom. The molecule has 1 aliphatic rings. The maximum atomic E-state index is 10.5. The lowest BCUT2D eigenvalue weighted by Gasteiger charge is -2.01. The standard InChI is InChI=1S/C7H11NO2/c1-4-2-3-5(8)6(4)7(9)10/h4H,2-3,8H2,1H3,(H,9,10)/t4-/m0/s1. The van der Waals surface area contributed by atoms with Gasteiger partial charge >= 0.3 is 5.97 Å². The van der Waals surface area contributed by atoms with Crippen LogP contribution in [-0.2, 0) is 4.79 Å². The highest BCUT2D eigenvalue weighted by atomic mass is 16.4. The summed E-state index contributed by atoms with van der Waals surface area (Å²) in [6.45, 7) is 1.89. The normalized spacial score (nSPS) is 25.5. The number of hydrogen-bond donors (Lipinski definition) is 2. The van der Waals surface area contributed by atoms with Crippen molar-refractivity contribution in [3.05, 3.63) is 11.3 Å². The molecule has 0 fully saturated rings. The van der Waals surface area contributed by atoms with Gasteiger partial charge in [0.15, 0.2) is 0 Å². The Morgan fingerprint density at radius 1 is 1.80 bits per heavy atom. The van der Waals surface area contributed by atoms with Crippen LogP contribution in [0.3, 0.4) is 0 Å². The van der Waals surface area contributed by atoms with Crippen molar-refractivity contribution in [3.8, 4) is 0 Å². The van der Waals surface area contributed by atoms with Crippen molar-refractivity contribution in [3.63, 3.8) is 0 Å². The smallest absolute Gasteiger partial charge is 0.333 e. The third-order valence-corrected chi connectivity index (χ3v) is 1.92. The first-order valence-corrected chi connectivity index (χ1v) is 3.34. The van der Waals surface area contributed by atoms with Crippen molar-refractivity contribution in [2.45, 2.75) is 19.8 Å². The summed E-state index contributed by atoms with van der Waals surface area (Å²) in [7, 11) is 0. The van der Waals surface area contributed by atoms with Gasteiger partial charge in [0.2, 0.25) is 0 Å². The van der Waals surface area contributed by atoms with E-state index in [-0.39, 0.29) is 5.92 Å². The molecule has 0 saturated carbocycles. The predicted molar refractivity (Wildman–Crippen MR) is 37.2 cm³/mol. The Bertz CT molecular complexity index is 196. The minimum atomic E-state index is -0.859. The van der Waals surface area contributed by atoms with Gasteiger partial charge in [-0.05, 0) is 18.8 Å². The maximum absolute atomic E-state index is 10.5. The van der Waals surface area contributed by atoms with E-state index >= 15 is 0 Å². The fourth-order valence-corrected chi connectivity index (χ4v) is 1.32. The molecule has 0 amide bonds. The molecule has 0 radical (unpaired) electrons. The zero-order valence-corrected chi connectivity index (χ0v) is 5.92. The third kappa shape index (κ3) is 0.988. The second-order valence-electron chi connectivity index (χ2n) is 2.68. The molecule has 0 aromatic rings. The summed E-state index contributed by atoms with van der Waals surface area (Å²) >= 11 is 0. The van der Waals surface area contributed by atoms with E-state index in [0.29, 0.717) is 11.3 Å². The van der Waals surface area contributed by atoms with Gasteiger partial charge < -0.3 is 10.8 Å². The average Bonchev–Trinajstić information content (AvgIpc) is 2.11. The quantitative estimate of drug-likeness (QED) is 0.565. The molecule has 3 N–H and O–H groups in total. The van der Waals surface area contributed by atoms with Crippen LogP contribution < -0.4 is 5.73 Å². The number of carbonyl (C=O) groups is 1. The van der Waals surface area contributed by atoms with Crippen molar-refractivity contribution in [1.82, 2.24) is 0 Å². The Balaban J connectivity index is 2.88. The van der Waals surface area contributed by atoms with Crippen LogP contribution in [0.5, 0.6) is 0 Å². The van der Waals surface area contributed by atoms with E-state index in [0.717, 1.165) is 12.8 Å². The molecule has 0 unspecified atom stereocenters. The number of rotatable bonds is 1. The van der Waals surface area contributed by atoms with Gasteiger partial charge in [-0.25, -0.2) is 4.79 Å². The zero-order valence-electron chi connectivity index (χ0n) is 5.92. The first kappa shape index (κ1) is 7.12. The van der Waals surface area contributed by atoms with Gasteiger partial charge in [0.05, 0.1) is 5.57 Å². The van der Waals surface area contributed by atoms with Crippen LogP contribution in [0.4, 0.5) is 0 Å². The zero-order chi connectivity index (χ0) is 7.72. The summed E-state index contributed by atoms with van der Waals surface area (Å²) in [6, 6.07) is 0. The van der Waals surface area contributed by atoms with Gasteiger partial charge in [0, 0.05) is 5.70 Å². The van der Waals surface area contributed by atoms with E-state index in [9.17, 15) is 4.79 Å². The summed E-state index contributed by atoms with van der Waals surface area (Å²) < 4.78 is 0. The van der Waals surface area contributed by atoms with Crippen molar-refractivity contribution in [2.75, 3.05) is 0 Å². The van der Waals surface area contributed by atoms with Gasteiger partial charge in [-0.15, -0.1) is 0 Å². The number of allylic oxidation sites excluding steroid dienone is 1. The number of carboxylic acids is 1. The van der Waals surface area contributed by atoms with E-state index in [4.69, 9.17) is 10.8 Å². The molecule has 0 bridgehead atoms. The number of aliphatic carboxylic acids is 1. The van der Waals surface area contributed by atoms with Gasteiger partial charge in [0.25, 0.3) is 0 Å². The van der Waals surface area contributed by atoms with E-state index in [1.807, 2.05) is 6.92 Å². The monoisotopic (exact) mass is 141 g/mol. The fourth-order valence-electron chi connectivity index (χ4n) is 1.32. The van der Waals surface area contributed by atoms with Gasteiger partial charge in [-0.1, -0.05) is 6.92 Å². The molecule has 3 nitrogen and oxygen atoms in total. The minimum Gasteiger partial charge on any atom is -0.478 e. The molecule has 0 spiro atoms. The van der Waals surface area contributed by atoms with Crippen molar-refractivity contribution in [2.24, 2.45) is 11.7 Å². The highest BCUT2D eigenvalue weighted by molar-refractivity contribution is 5.88. The molecular formula is C7H11NO2. The number of carboxylic acid groups (broad SMARTS) is 1. The van der Waals surface area contributed by atoms with E-state index in [1.54, 1.807) is 0 Å². The second-order valence-corrected chi connectivity index (χ2v) is 2.68. The topological polar surface area (TPSA) is 63.3 Å². The van der Waals surface area contributed by atoms with E-state index in [2.05, 4.69) is 0 Å². The molecule has 0 aromatic heterocycles. The van der Waals surface area contributed by atoms with Crippen LogP contribution in [0.2, 0.25) is 0 Å². The molecule has 1 aliphatic carbocycles. The Kier molecular flexibility index (Phi) is 1.66.